The number of benzene rings is 1. The summed E-state index contributed by atoms with van der Waals surface area (Å²) in [5.74, 6) is -0.489. The lowest BCUT2D eigenvalue weighted by atomic mass is 10.00. The van der Waals surface area contributed by atoms with Crippen LogP contribution in [0.25, 0.3) is 0 Å². The van der Waals surface area contributed by atoms with Gasteiger partial charge >= 0.3 is 0 Å². The van der Waals surface area contributed by atoms with Crippen LogP contribution in [0.2, 0.25) is 0 Å². The van der Waals surface area contributed by atoms with Crippen LogP contribution in [0, 0.1) is 11.7 Å². The highest BCUT2D eigenvalue weighted by molar-refractivity contribution is 5.78. The second kappa shape index (κ2) is 8.64. The highest BCUT2D eigenvalue weighted by Crippen LogP contribution is 2.12. The number of hydrogen-bond acceptors (Lipinski definition) is 2. The molecule has 0 bridgehead atoms. The van der Waals surface area contributed by atoms with E-state index in [0.29, 0.717) is 18.5 Å². The van der Waals surface area contributed by atoms with Crippen LogP contribution in [0.4, 0.5) is 4.39 Å². The van der Waals surface area contributed by atoms with E-state index >= 15 is 0 Å². The predicted molar refractivity (Wildman–Crippen MR) is 75.4 cm³/mol. The van der Waals surface area contributed by atoms with Gasteiger partial charge in [0.1, 0.15) is 5.82 Å². The molecule has 0 heterocycles. The van der Waals surface area contributed by atoms with Crippen molar-refractivity contribution < 1.29 is 9.18 Å². The van der Waals surface area contributed by atoms with Crippen LogP contribution in [-0.4, -0.2) is 25.5 Å². The molecule has 0 aliphatic rings. The first-order chi connectivity index (χ1) is 9.15. The summed E-state index contributed by atoms with van der Waals surface area (Å²) in [5, 5.41) is 6.07. The Morgan fingerprint density at radius 1 is 1.26 bits per heavy atom. The van der Waals surface area contributed by atoms with Crippen molar-refractivity contribution in [2.45, 2.75) is 26.7 Å². The molecule has 1 amide bonds. The highest BCUT2D eigenvalue weighted by Gasteiger charge is 2.14. The minimum absolute atomic E-state index is 0.0263. The summed E-state index contributed by atoms with van der Waals surface area (Å²) in [6.07, 6.45) is 1.51. The number of carbonyl (C=O) groups is 1. The van der Waals surface area contributed by atoms with E-state index in [9.17, 15) is 9.18 Å². The van der Waals surface area contributed by atoms with Gasteiger partial charge in [-0.05, 0) is 31.0 Å². The van der Waals surface area contributed by atoms with Gasteiger partial charge < -0.3 is 10.6 Å². The molecule has 3 nitrogen and oxygen atoms in total. The zero-order valence-corrected chi connectivity index (χ0v) is 11.7. The maximum atomic E-state index is 13.5. The topological polar surface area (TPSA) is 41.1 Å². The lowest BCUT2D eigenvalue weighted by Crippen LogP contribution is -2.35. The minimum Gasteiger partial charge on any atom is -0.355 e. The molecule has 0 radical (unpaired) electrons. The molecule has 1 aromatic carbocycles. The van der Waals surface area contributed by atoms with Crippen molar-refractivity contribution in [1.82, 2.24) is 10.6 Å². The zero-order chi connectivity index (χ0) is 14.1. The standard InChI is InChI=1S/C15H23FN2O/c1-3-8-17-9-10-18-15(19)12(2)11-13-6-4-5-7-14(13)16/h4-7,12,17H,3,8-11H2,1-2H3,(H,18,19). The van der Waals surface area contributed by atoms with Crippen molar-refractivity contribution in [3.05, 3.63) is 35.6 Å². The second-order valence-electron chi connectivity index (χ2n) is 4.74. The Balaban J connectivity index is 2.31. The van der Waals surface area contributed by atoms with Crippen molar-refractivity contribution in [1.29, 1.82) is 0 Å². The average molecular weight is 266 g/mol. The van der Waals surface area contributed by atoms with Gasteiger partial charge in [-0.1, -0.05) is 32.0 Å². The Morgan fingerprint density at radius 3 is 2.68 bits per heavy atom. The monoisotopic (exact) mass is 266 g/mol. The Morgan fingerprint density at radius 2 is 2.00 bits per heavy atom. The van der Waals surface area contributed by atoms with Gasteiger partial charge in [0.2, 0.25) is 5.91 Å². The third-order valence-corrected chi connectivity index (χ3v) is 2.96. The van der Waals surface area contributed by atoms with E-state index in [1.807, 2.05) is 6.92 Å². The van der Waals surface area contributed by atoms with Crippen LogP contribution in [0.5, 0.6) is 0 Å². The molecule has 0 aliphatic carbocycles. The van der Waals surface area contributed by atoms with Crippen LogP contribution in [-0.2, 0) is 11.2 Å². The van der Waals surface area contributed by atoms with Crippen LogP contribution in [0.3, 0.4) is 0 Å². The predicted octanol–water partition coefficient (Wildman–Crippen LogP) is 2.12. The lowest BCUT2D eigenvalue weighted by Gasteiger charge is -2.13. The average Bonchev–Trinajstić information content (AvgIpc) is 2.41. The van der Waals surface area contributed by atoms with Crippen molar-refractivity contribution in [2.24, 2.45) is 5.92 Å². The van der Waals surface area contributed by atoms with Crippen LogP contribution < -0.4 is 10.6 Å². The summed E-state index contributed by atoms with van der Waals surface area (Å²) in [6, 6.07) is 6.59. The molecule has 0 saturated heterocycles. The Hall–Kier alpha value is -1.42. The van der Waals surface area contributed by atoms with Gasteiger partial charge in [0.25, 0.3) is 0 Å². The van der Waals surface area contributed by atoms with E-state index in [1.165, 1.54) is 6.07 Å². The van der Waals surface area contributed by atoms with Gasteiger partial charge in [0.05, 0.1) is 0 Å². The molecule has 19 heavy (non-hydrogen) atoms. The van der Waals surface area contributed by atoms with Gasteiger partial charge in [0, 0.05) is 19.0 Å². The number of halogens is 1. The molecule has 1 unspecified atom stereocenters. The fraction of sp³-hybridized carbons (Fsp3) is 0.533. The summed E-state index contributed by atoms with van der Waals surface area (Å²) in [6.45, 7) is 6.26. The number of hydrogen-bond donors (Lipinski definition) is 2. The molecule has 4 heteroatoms. The first-order valence-corrected chi connectivity index (χ1v) is 6.87. The molecular formula is C15H23FN2O. The molecule has 106 valence electrons. The molecular weight excluding hydrogens is 243 g/mol. The molecule has 0 fully saturated rings. The van der Waals surface area contributed by atoms with E-state index < -0.39 is 0 Å². The summed E-state index contributed by atoms with van der Waals surface area (Å²) >= 11 is 0. The molecule has 0 aliphatic heterocycles. The van der Waals surface area contributed by atoms with E-state index in [2.05, 4.69) is 17.6 Å². The maximum Gasteiger partial charge on any atom is 0.223 e. The first-order valence-electron chi connectivity index (χ1n) is 6.87. The normalized spacial score (nSPS) is 12.2. The molecule has 2 N–H and O–H groups in total. The van der Waals surface area contributed by atoms with Gasteiger partial charge in [-0.25, -0.2) is 4.39 Å². The largest absolute Gasteiger partial charge is 0.355 e. The number of amides is 1. The Bertz CT molecular complexity index is 395. The van der Waals surface area contributed by atoms with Gasteiger partial charge in [-0.3, -0.25) is 4.79 Å². The summed E-state index contributed by atoms with van der Waals surface area (Å²) < 4.78 is 13.5. The van der Waals surface area contributed by atoms with Crippen molar-refractivity contribution in [2.75, 3.05) is 19.6 Å². The van der Waals surface area contributed by atoms with Crippen LogP contribution >= 0.6 is 0 Å². The molecule has 1 atom stereocenters. The molecule has 1 aromatic rings. The summed E-state index contributed by atoms with van der Waals surface area (Å²) in [4.78, 5) is 11.8. The third kappa shape index (κ3) is 5.83. The maximum absolute atomic E-state index is 13.5. The highest BCUT2D eigenvalue weighted by atomic mass is 19.1. The Kier molecular flexibility index (Phi) is 7.11. The second-order valence-corrected chi connectivity index (χ2v) is 4.74. The van der Waals surface area contributed by atoms with Gasteiger partial charge in [-0.2, -0.15) is 0 Å². The number of rotatable bonds is 8. The Labute approximate surface area is 114 Å². The summed E-state index contributed by atoms with van der Waals surface area (Å²) in [5.41, 5.74) is 0.592. The SMILES string of the molecule is CCCNCCNC(=O)C(C)Cc1ccccc1F. The van der Waals surface area contributed by atoms with Crippen molar-refractivity contribution in [3.8, 4) is 0 Å². The summed E-state index contributed by atoms with van der Waals surface area (Å²) in [7, 11) is 0. The molecule has 0 saturated carbocycles. The lowest BCUT2D eigenvalue weighted by molar-refractivity contribution is -0.124. The third-order valence-electron chi connectivity index (χ3n) is 2.96. The molecule has 0 aromatic heterocycles. The van der Waals surface area contributed by atoms with Crippen LogP contribution in [0.15, 0.2) is 24.3 Å². The fourth-order valence-electron chi connectivity index (χ4n) is 1.84. The quantitative estimate of drug-likeness (QED) is 0.708. The van der Waals surface area contributed by atoms with E-state index in [0.717, 1.165) is 19.5 Å². The number of carbonyl (C=O) groups excluding carboxylic acids is 1. The smallest absolute Gasteiger partial charge is 0.223 e. The van der Waals surface area contributed by atoms with Gasteiger partial charge in [-0.15, -0.1) is 0 Å². The minimum atomic E-state index is -0.244. The zero-order valence-electron chi connectivity index (χ0n) is 11.7. The van der Waals surface area contributed by atoms with E-state index in [1.54, 1.807) is 18.2 Å². The van der Waals surface area contributed by atoms with Gasteiger partial charge in [0.15, 0.2) is 0 Å². The van der Waals surface area contributed by atoms with Crippen molar-refractivity contribution >= 4 is 5.91 Å². The van der Waals surface area contributed by atoms with E-state index in [4.69, 9.17) is 0 Å². The molecule has 1 rings (SSSR count). The first kappa shape index (κ1) is 15.6. The fourth-order valence-corrected chi connectivity index (χ4v) is 1.84. The van der Waals surface area contributed by atoms with Crippen LogP contribution in [0.1, 0.15) is 25.8 Å². The molecule has 0 spiro atoms. The number of nitrogens with one attached hydrogen (secondary N) is 2. The van der Waals surface area contributed by atoms with Crippen molar-refractivity contribution in [3.63, 3.8) is 0 Å². The van der Waals surface area contributed by atoms with E-state index in [-0.39, 0.29) is 17.6 Å².